The number of nitrogens with one attached hydrogen (secondary N) is 1. The zero-order valence-electron chi connectivity index (χ0n) is 16.7. The van der Waals surface area contributed by atoms with Crippen molar-refractivity contribution in [3.05, 3.63) is 54.1 Å². The standard InChI is InChI=1S/C22H27NO4S/c1-5-15(2)19-8-6-7-9-20(19)23-22(25)16(3)27-21(24)14-28-18-12-10-17(26-4)11-13-18/h6-13,15-16H,5,14H2,1-4H3,(H,23,25)/t15-,16-/m1/s1. The number of hydrogen-bond donors (Lipinski definition) is 1. The average Bonchev–Trinajstić information content (AvgIpc) is 2.72. The Balaban J connectivity index is 1.87. The van der Waals surface area contributed by atoms with Crippen molar-refractivity contribution < 1.29 is 19.1 Å². The van der Waals surface area contributed by atoms with Crippen molar-refractivity contribution in [3.8, 4) is 5.75 Å². The van der Waals surface area contributed by atoms with Gasteiger partial charge in [0.1, 0.15) is 5.75 Å². The van der Waals surface area contributed by atoms with Gasteiger partial charge in [-0.3, -0.25) is 9.59 Å². The second-order valence-corrected chi connectivity index (χ2v) is 7.53. The summed E-state index contributed by atoms with van der Waals surface area (Å²) in [7, 11) is 1.60. The molecule has 0 heterocycles. The maximum atomic E-state index is 12.4. The number of amides is 1. The number of para-hydroxylation sites is 1. The maximum absolute atomic E-state index is 12.4. The molecule has 0 bridgehead atoms. The summed E-state index contributed by atoms with van der Waals surface area (Å²) < 4.78 is 10.4. The quantitative estimate of drug-likeness (QED) is 0.480. The van der Waals surface area contributed by atoms with E-state index < -0.39 is 12.1 Å². The van der Waals surface area contributed by atoms with E-state index in [2.05, 4.69) is 19.2 Å². The molecule has 5 nitrogen and oxygen atoms in total. The lowest BCUT2D eigenvalue weighted by Gasteiger charge is -2.18. The number of thioether (sulfide) groups is 1. The number of anilines is 1. The van der Waals surface area contributed by atoms with E-state index in [9.17, 15) is 9.59 Å². The fourth-order valence-corrected chi connectivity index (χ4v) is 3.27. The molecule has 0 aliphatic rings. The van der Waals surface area contributed by atoms with Gasteiger partial charge < -0.3 is 14.8 Å². The summed E-state index contributed by atoms with van der Waals surface area (Å²) in [5.41, 5.74) is 1.84. The van der Waals surface area contributed by atoms with Crippen LogP contribution in [0.1, 0.15) is 38.7 Å². The predicted molar refractivity (Wildman–Crippen MR) is 113 cm³/mol. The third-order valence-electron chi connectivity index (χ3n) is 4.46. The fourth-order valence-electron chi connectivity index (χ4n) is 2.59. The van der Waals surface area contributed by atoms with E-state index >= 15 is 0 Å². The second kappa shape index (κ2) is 10.8. The van der Waals surface area contributed by atoms with Gasteiger partial charge in [-0.1, -0.05) is 32.0 Å². The van der Waals surface area contributed by atoms with Gasteiger partial charge in [0, 0.05) is 10.6 Å². The minimum atomic E-state index is -0.867. The first-order chi connectivity index (χ1) is 13.4. The lowest BCUT2D eigenvalue weighted by atomic mass is 9.97. The Hall–Kier alpha value is -2.47. The third-order valence-corrected chi connectivity index (χ3v) is 5.44. The summed E-state index contributed by atoms with van der Waals surface area (Å²) in [6.45, 7) is 5.80. The van der Waals surface area contributed by atoms with Crippen molar-refractivity contribution >= 4 is 29.3 Å². The van der Waals surface area contributed by atoms with Gasteiger partial charge >= 0.3 is 5.97 Å². The highest BCUT2D eigenvalue weighted by atomic mass is 32.2. The normalized spacial score (nSPS) is 12.7. The van der Waals surface area contributed by atoms with Gasteiger partial charge in [-0.15, -0.1) is 11.8 Å². The van der Waals surface area contributed by atoms with Gasteiger partial charge in [-0.2, -0.15) is 0 Å². The van der Waals surface area contributed by atoms with E-state index in [4.69, 9.17) is 9.47 Å². The topological polar surface area (TPSA) is 64.6 Å². The van der Waals surface area contributed by atoms with E-state index in [0.717, 1.165) is 28.3 Å². The van der Waals surface area contributed by atoms with Crippen LogP contribution in [0.2, 0.25) is 0 Å². The van der Waals surface area contributed by atoms with Crippen LogP contribution < -0.4 is 10.1 Å². The van der Waals surface area contributed by atoms with Crippen LogP contribution in [0.3, 0.4) is 0 Å². The first-order valence-corrected chi connectivity index (χ1v) is 10.3. The molecule has 0 unspecified atom stereocenters. The van der Waals surface area contributed by atoms with E-state index in [1.165, 1.54) is 11.8 Å². The van der Waals surface area contributed by atoms with Crippen LogP contribution in [0.15, 0.2) is 53.4 Å². The molecule has 0 radical (unpaired) electrons. The molecule has 6 heteroatoms. The highest BCUT2D eigenvalue weighted by molar-refractivity contribution is 8.00. The molecule has 2 aromatic rings. The molecule has 0 saturated carbocycles. The van der Waals surface area contributed by atoms with Crippen molar-refractivity contribution in [1.82, 2.24) is 0 Å². The maximum Gasteiger partial charge on any atom is 0.317 e. The molecular weight excluding hydrogens is 374 g/mol. The van der Waals surface area contributed by atoms with Crippen LogP contribution in [0.5, 0.6) is 5.75 Å². The first kappa shape index (κ1) is 21.8. The molecule has 0 aliphatic heterocycles. The highest BCUT2D eigenvalue weighted by Gasteiger charge is 2.19. The van der Waals surface area contributed by atoms with Gasteiger partial charge in [0.05, 0.1) is 12.9 Å². The molecule has 1 N–H and O–H groups in total. The van der Waals surface area contributed by atoms with Crippen molar-refractivity contribution in [3.63, 3.8) is 0 Å². The molecule has 2 aromatic carbocycles. The number of ether oxygens (including phenoxy) is 2. The summed E-state index contributed by atoms with van der Waals surface area (Å²) in [6.07, 6.45) is 0.106. The second-order valence-electron chi connectivity index (χ2n) is 6.48. The van der Waals surface area contributed by atoms with Crippen molar-refractivity contribution in [2.45, 2.75) is 44.1 Å². The summed E-state index contributed by atoms with van der Waals surface area (Å²) in [6, 6.07) is 15.1. The zero-order chi connectivity index (χ0) is 20.5. The minimum Gasteiger partial charge on any atom is -0.497 e. The number of hydrogen-bond acceptors (Lipinski definition) is 5. The molecule has 2 rings (SSSR count). The molecule has 0 aliphatic carbocycles. The van der Waals surface area contributed by atoms with Crippen molar-refractivity contribution in [2.24, 2.45) is 0 Å². The summed E-state index contributed by atoms with van der Waals surface area (Å²) in [4.78, 5) is 25.5. The lowest BCUT2D eigenvalue weighted by Crippen LogP contribution is -2.31. The lowest BCUT2D eigenvalue weighted by molar-refractivity contribution is -0.150. The van der Waals surface area contributed by atoms with Gasteiger partial charge in [-0.25, -0.2) is 0 Å². The molecule has 2 atom stereocenters. The van der Waals surface area contributed by atoms with Crippen LogP contribution in [0.4, 0.5) is 5.69 Å². The van der Waals surface area contributed by atoms with Crippen LogP contribution in [-0.4, -0.2) is 30.8 Å². The van der Waals surface area contributed by atoms with Crippen LogP contribution in [0, 0.1) is 0 Å². The number of esters is 1. The largest absolute Gasteiger partial charge is 0.497 e. The van der Waals surface area contributed by atoms with Crippen LogP contribution >= 0.6 is 11.8 Å². The van der Waals surface area contributed by atoms with Gasteiger partial charge in [0.15, 0.2) is 6.10 Å². The smallest absolute Gasteiger partial charge is 0.317 e. The molecule has 0 aromatic heterocycles. The predicted octanol–water partition coefficient (Wildman–Crippen LogP) is 4.87. The Bertz CT molecular complexity index is 791. The zero-order valence-corrected chi connectivity index (χ0v) is 17.5. The summed E-state index contributed by atoms with van der Waals surface area (Å²) >= 11 is 1.35. The van der Waals surface area contributed by atoms with Gasteiger partial charge in [-0.05, 0) is 55.2 Å². The number of carbonyl (C=O) groups excluding carboxylic acids is 2. The Morgan fingerprint density at radius 2 is 1.75 bits per heavy atom. The van der Waals surface area contributed by atoms with Gasteiger partial charge in [0.2, 0.25) is 0 Å². The average molecular weight is 402 g/mol. The molecule has 0 saturated heterocycles. The first-order valence-electron chi connectivity index (χ1n) is 9.30. The molecule has 0 spiro atoms. The molecule has 1 amide bonds. The van der Waals surface area contributed by atoms with E-state index in [1.54, 1.807) is 14.0 Å². The fraction of sp³-hybridized carbons (Fsp3) is 0.364. The van der Waals surface area contributed by atoms with E-state index in [1.807, 2.05) is 48.5 Å². The minimum absolute atomic E-state index is 0.132. The summed E-state index contributed by atoms with van der Waals surface area (Å²) in [5, 5.41) is 2.88. The molecule has 28 heavy (non-hydrogen) atoms. The van der Waals surface area contributed by atoms with Crippen LogP contribution in [0.25, 0.3) is 0 Å². The van der Waals surface area contributed by atoms with Crippen molar-refractivity contribution in [1.29, 1.82) is 0 Å². The third kappa shape index (κ3) is 6.30. The molecule has 0 fully saturated rings. The number of rotatable bonds is 9. The molecular formula is C22H27NO4S. The number of benzene rings is 2. The highest BCUT2D eigenvalue weighted by Crippen LogP contribution is 2.27. The number of carbonyl (C=O) groups is 2. The molecule has 150 valence electrons. The Kier molecular flexibility index (Phi) is 8.39. The Labute approximate surface area is 170 Å². The van der Waals surface area contributed by atoms with Crippen molar-refractivity contribution in [2.75, 3.05) is 18.2 Å². The summed E-state index contributed by atoms with van der Waals surface area (Å²) in [5.74, 6) is 0.454. The monoisotopic (exact) mass is 401 g/mol. The Morgan fingerprint density at radius 3 is 2.39 bits per heavy atom. The Morgan fingerprint density at radius 1 is 1.07 bits per heavy atom. The van der Waals surface area contributed by atoms with Gasteiger partial charge in [0.25, 0.3) is 5.91 Å². The SMILES string of the molecule is CC[C@@H](C)c1ccccc1NC(=O)[C@@H](C)OC(=O)CSc1ccc(OC)cc1. The van der Waals surface area contributed by atoms with E-state index in [0.29, 0.717) is 5.92 Å². The van der Waals surface area contributed by atoms with E-state index in [-0.39, 0.29) is 11.7 Å². The number of methoxy groups -OCH3 is 1. The van der Waals surface area contributed by atoms with Crippen LogP contribution in [-0.2, 0) is 14.3 Å².